The molecule has 0 saturated carbocycles. The number of Topliss-reactive ketones (excluding diaryl/α,β-unsaturated/α-hetero) is 1. The summed E-state index contributed by atoms with van der Waals surface area (Å²) in [5, 5.41) is 14.1. The summed E-state index contributed by atoms with van der Waals surface area (Å²) < 4.78 is 7.62. The second kappa shape index (κ2) is 13.3. The number of fused-ring (bicyclic) bond motifs is 1. The Labute approximate surface area is 209 Å². The van der Waals surface area contributed by atoms with Crippen molar-refractivity contribution in [3.8, 4) is 5.88 Å². The molecule has 3 rings (SSSR count). The predicted octanol–water partition coefficient (Wildman–Crippen LogP) is 7.53. The third kappa shape index (κ3) is 6.93. The number of benzene rings is 2. The number of nitrogens with zero attached hydrogens (tertiary/aromatic N) is 1. The lowest BCUT2D eigenvalue weighted by Crippen LogP contribution is -2.19. The average Bonchev–Trinajstić information content (AvgIpc) is 3.13. The van der Waals surface area contributed by atoms with Gasteiger partial charge in [0.05, 0.1) is 11.1 Å². The number of aromatic hydroxyl groups is 1. The van der Waals surface area contributed by atoms with Crippen molar-refractivity contribution in [3.63, 3.8) is 0 Å². The molecule has 1 amide bonds. The quantitative estimate of drug-likeness (QED) is 0.177. The molecule has 2 aromatic carbocycles. The number of para-hydroxylation sites is 1. The number of ether oxygens (including phenoxy) is 1. The number of aromatic nitrogens is 1. The number of hydrogen-bond acceptors (Lipinski definition) is 4. The molecule has 1 heterocycles. The van der Waals surface area contributed by atoms with Crippen LogP contribution in [-0.2, 0) is 4.74 Å². The second-order valence-corrected chi connectivity index (χ2v) is 9.35. The number of ketones is 1. The zero-order valence-electron chi connectivity index (χ0n) is 19.7. The van der Waals surface area contributed by atoms with Gasteiger partial charge in [0.25, 0.3) is 0 Å². The molecule has 7 heteroatoms. The lowest BCUT2D eigenvalue weighted by atomic mass is 10.1. The first-order valence-corrected chi connectivity index (χ1v) is 12.8. The molecule has 0 aliphatic rings. The first-order chi connectivity index (χ1) is 16.5. The van der Waals surface area contributed by atoms with Crippen LogP contribution in [0.15, 0.2) is 53.0 Å². The minimum absolute atomic E-state index is 0.109. The predicted molar refractivity (Wildman–Crippen MR) is 140 cm³/mol. The highest BCUT2D eigenvalue weighted by atomic mass is 79.9. The number of amides is 1. The van der Waals surface area contributed by atoms with Gasteiger partial charge < -0.3 is 15.2 Å². The molecule has 0 unspecified atom stereocenters. The summed E-state index contributed by atoms with van der Waals surface area (Å²) >= 11 is 3.36. The Morgan fingerprint density at radius 2 is 1.59 bits per heavy atom. The van der Waals surface area contributed by atoms with Crippen molar-refractivity contribution in [1.82, 2.24) is 4.57 Å². The van der Waals surface area contributed by atoms with Crippen molar-refractivity contribution in [2.24, 2.45) is 0 Å². The third-order valence-electron chi connectivity index (χ3n) is 5.80. The standard InChI is InChI=1S/C27H33BrN2O4/c1-2-3-4-5-6-7-8-11-18-34-19-24(31)25-22-12-9-10-13-23(22)30(26(25)32)27(33)29-21-16-14-20(28)15-17-21/h9-10,12-17,32H,2-8,11,18-19H2,1H3,(H,29,33). The van der Waals surface area contributed by atoms with Crippen LogP contribution in [-0.4, -0.2) is 34.7 Å². The van der Waals surface area contributed by atoms with Crippen molar-refractivity contribution < 1.29 is 19.4 Å². The number of anilines is 1. The molecule has 0 spiro atoms. The van der Waals surface area contributed by atoms with E-state index in [1.165, 1.54) is 38.5 Å². The summed E-state index contributed by atoms with van der Waals surface area (Å²) in [6.45, 7) is 2.59. The van der Waals surface area contributed by atoms with Crippen molar-refractivity contribution >= 4 is 44.3 Å². The van der Waals surface area contributed by atoms with Crippen molar-refractivity contribution in [2.75, 3.05) is 18.5 Å². The van der Waals surface area contributed by atoms with Gasteiger partial charge in [-0.3, -0.25) is 4.79 Å². The average molecular weight is 529 g/mol. The van der Waals surface area contributed by atoms with Crippen LogP contribution in [0.4, 0.5) is 10.5 Å². The summed E-state index contributed by atoms with van der Waals surface area (Å²) in [4.78, 5) is 25.9. The molecule has 34 heavy (non-hydrogen) atoms. The van der Waals surface area contributed by atoms with Gasteiger partial charge >= 0.3 is 6.03 Å². The molecule has 0 aliphatic heterocycles. The topological polar surface area (TPSA) is 80.6 Å². The summed E-state index contributed by atoms with van der Waals surface area (Å²) in [6, 6.07) is 13.5. The maximum absolute atomic E-state index is 13.0. The van der Waals surface area contributed by atoms with E-state index in [0.29, 0.717) is 23.2 Å². The van der Waals surface area contributed by atoms with E-state index in [4.69, 9.17) is 4.74 Å². The van der Waals surface area contributed by atoms with E-state index >= 15 is 0 Å². The molecular weight excluding hydrogens is 496 g/mol. The smallest absolute Gasteiger partial charge is 0.333 e. The molecule has 6 nitrogen and oxygen atoms in total. The van der Waals surface area contributed by atoms with Gasteiger partial charge in [0.15, 0.2) is 5.78 Å². The highest BCUT2D eigenvalue weighted by Crippen LogP contribution is 2.32. The minimum atomic E-state index is -0.546. The normalized spacial score (nSPS) is 11.1. The SMILES string of the molecule is CCCCCCCCCCOCC(=O)c1c(O)n(C(=O)Nc2ccc(Br)cc2)c2ccccc12. The van der Waals surface area contributed by atoms with E-state index in [0.717, 1.165) is 21.9 Å². The van der Waals surface area contributed by atoms with Crippen molar-refractivity contribution in [3.05, 3.63) is 58.6 Å². The summed E-state index contributed by atoms with van der Waals surface area (Å²) in [5.74, 6) is -0.722. The molecule has 0 atom stereocenters. The van der Waals surface area contributed by atoms with Crippen LogP contribution in [0.1, 0.15) is 68.6 Å². The van der Waals surface area contributed by atoms with Gasteiger partial charge in [0, 0.05) is 22.2 Å². The van der Waals surface area contributed by atoms with E-state index in [1.807, 2.05) is 12.1 Å². The molecule has 3 aromatic rings. The lowest BCUT2D eigenvalue weighted by molar-refractivity contribution is 0.0751. The van der Waals surface area contributed by atoms with E-state index in [9.17, 15) is 14.7 Å². The first-order valence-electron chi connectivity index (χ1n) is 12.0. The summed E-state index contributed by atoms with van der Waals surface area (Å²) in [5.41, 5.74) is 1.14. The van der Waals surface area contributed by atoms with Crippen molar-refractivity contribution in [2.45, 2.75) is 58.3 Å². The highest BCUT2D eigenvalue weighted by Gasteiger charge is 2.25. The Kier molecular flexibility index (Phi) is 10.2. The van der Waals surface area contributed by atoms with Gasteiger partial charge in [-0.25, -0.2) is 9.36 Å². The maximum Gasteiger partial charge on any atom is 0.333 e. The Morgan fingerprint density at radius 3 is 2.29 bits per heavy atom. The van der Waals surface area contributed by atoms with E-state index < -0.39 is 6.03 Å². The van der Waals surface area contributed by atoms with E-state index in [-0.39, 0.29) is 23.8 Å². The van der Waals surface area contributed by atoms with Gasteiger partial charge in [-0.05, 0) is 36.8 Å². The highest BCUT2D eigenvalue weighted by molar-refractivity contribution is 9.10. The monoisotopic (exact) mass is 528 g/mol. The molecule has 1 aromatic heterocycles. The molecule has 2 N–H and O–H groups in total. The molecular formula is C27H33BrN2O4. The first kappa shape index (κ1) is 26.0. The van der Waals surface area contributed by atoms with Gasteiger partial charge in [-0.2, -0.15) is 0 Å². The van der Waals surface area contributed by atoms with Crippen LogP contribution in [0.2, 0.25) is 0 Å². The Hall–Kier alpha value is -2.64. The third-order valence-corrected chi connectivity index (χ3v) is 6.33. The van der Waals surface area contributed by atoms with Gasteiger partial charge in [-0.15, -0.1) is 0 Å². The fourth-order valence-electron chi connectivity index (χ4n) is 3.99. The number of nitrogens with one attached hydrogen (secondary N) is 1. The van der Waals surface area contributed by atoms with Crippen LogP contribution in [0.3, 0.4) is 0 Å². The Bertz CT molecular complexity index is 1090. The number of halogens is 1. The van der Waals surface area contributed by atoms with E-state index in [2.05, 4.69) is 28.2 Å². The van der Waals surface area contributed by atoms with Gasteiger partial charge in [0.2, 0.25) is 5.88 Å². The minimum Gasteiger partial charge on any atom is -0.494 e. The Morgan fingerprint density at radius 1 is 0.941 bits per heavy atom. The number of unbranched alkanes of at least 4 members (excludes halogenated alkanes) is 7. The number of rotatable bonds is 13. The molecule has 0 aliphatic carbocycles. The molecule has 0 fully saturated rings. The zero-order chi connectivity index (χ0) is 24.3. The van der Waals surface area contributed by atoms with E-state index in [1.54, 1.807) is 36.4 Å². The van der Waals surface area contributed by atoms with Crippen LogP contribution >= 0.6 is 15.9 Å². The molecule has 182 valence electrons. The zero-order valence-corrected chi connectivity index (χ0v) is 21.3. The van der Waals surface area contributed by atoms with Crippen LogP contribution < -0.4 is 5.32 Å². The van der Waals surface area contributed by atoms with Crippen LogP contribution in [0.25, 0.3) is 10.9 Å². The van der Waals surface area contributed by atoms with Gasteiger partial charge in [0.1, 0.15) is 6.61 Å². The maximum atomic E-state index is 13.0. The lowest BCUT2D eigenvalue weighted by Gasteiger charge is -2.09. The fraction of sp³-hybridized carbons (Fsp3) is 0.407. The Balaban J connectivity index is 1.59. The molecule has 0 bridgehead atoms. The van der Waals surface area contributed by atoms with Gasteiger partial charge in [-0.1, -0.05) is 86.0 Å². The number of hydrogen-bond donors (Lipinski definition) is 2. The van der Waals surface area contributed by atoms with Crippen LogP contribution in [0, 0.1) is 0 Å². The van der Waals surface area contributed by atoms with Crippen LogP contribution in [0.5, 0.6) is 5.88 Å². The number of carbonyl (C=O) groups excluding carboxylic acids is 2. The molecule has 0 saturated heterocycles. The number of carbonyl (C=O) groups is 2. The summed E-state index contributed by atoms with van der Waals surface area (Å²) in [6.07, 6.45) is 9.57. The fourth-order valence-corrected chi connectivity index (χ4v) is 4.26. The summed E-state index contributed by atoms with van der Waals surface area (Å²) in [7, 11) is 0. The largest absolute Gasteiger partial charge is 0.494 e. The van der Waals surface area contributed by atoms with Crippen molar-refractivity contribution in [1.29, 1.82) is 0 Å². The second-order valence-electron chi connectivity index (χ2n) is 8.44. The molecule has 0 radical (unpaired) electrons.